The number of anilines is 2. The van der Waals surface area contributed by atoms with Crippen molar-refractivity contribution >= 4 is 40.7 Å². The van der Waals surface area contributed by atoms with E-state index in [0.29, 0.717) is 27.5 Å². The molecule has 0 saturated carbocycles. The third kappa shape index (κ3) is 5.46. The van der Waals surface area contributed by atoms with E-state index in [0.717, 1.165) is 0 Å². The van der Waals surface area contributed by atoms with E-state index in [9.17, 15) is 14.4 Å². The Balaban J connectivity index is 1.97. The van der Waals surface area contributed by atoms with Crippen molar-refractivity contribution in [3.8, 4) is 0 Å². The summed E-state index contributed by atoms with van der Waals surface area (Å²) >= 11 is 6.10. The molecule has 0 aromatic heterocycles. The van der Waals surface area contributed by atoms with Crippen molar-refractivity contribution in [2.45, 2.75) is 0 Å². The second-order valence-electron chi connectivity index (χ2n) is 5.95. The number of carbonyl (C=O) groups excluding carboxylic acids is 3. The van der Waals surface area contributed by atoms with Crippen LogP contribution < -0.4 is 16.0 Å². The summed E-state index contributed by atoms with van der Waals surface area (Å²) in [6.07, 6.45) is 0. The standard InChI is InChI=1S/C19H21ClN4O3/c1-21-18(26)13-6-9-15(20)16(10-13)22-11-17(25)23-14-7-4-12(5-8-14)19(27)24(2)3/h4-10,22H,11H2,1-3H3,(H,21,26)(H,23,25). The number of amides is 3. The topological polar surface area (TPSA) is 90.5 Å². The normalized spacial score (nSPS) is 10.1. The molecule has 0 aliphatic heterocycles. The third-order valence-electron chi connectivity index (χ3n) is 3.72. The van der Waals surface area contributed by atoms with Gasteiger partial charge in [0.05, 0.1) is 17.3 Å². The van der Waals surface area contributed by atoms with Crippen molar-refractivity contribution in [2.75, 3.05) is 38.3 Å². The minimum atomic E-state index is -0.289. The molecular weight excluding hydrogens is 368 g/mol. The van der Waals surface area contributed by atoms with Crippen LogP contribution in [0.15, 0.2) is 42.5 Å². The molecule has 2 rings (SSSR count). The molecule has 8 heteroatoms. The maximum Gasteiger partial charge on any atom is 0.253 e. The first-order chi connectivity index (χ1) is 12.8. The number of benzene rings is 2. The van der Waals surface area contributed by atoms with Crippen LogP contribution in [-0.4, -0.2) is 50.3 Å². The molecule has 142 valence electrons. The van der Waals surface area contributed by atoms with Crippen molar-refractivity contribution in [3.05, 3.63) is 58.6 Å². The number of hydrogen-bond acceptors (Lipinski definition) is 4. The van der Waals surface area contributed by atoms with Crippen LogP contribution in [0.3, 0.4) is 0 Å². The van der Waals surface area contributed by atoms with E-state index in [1.54, 1.807) is 56.6 Å². The molecule has 3 amide bonds. The fourth-order valence-electron chi connectivity index (χ4n) is 2.28. The first-order valence-corrected chi connectivity index (χ1v) is 8.56. The first-order valence-electron chi connectivity index (χ1n) is 8.19. The number of hydrogen-bond donors (Lipinski definition) is 3. The zero-order valence-corrected chi connectivity index (χ0v) is 16.1. The predicted molar refractivity (Wildman–Crippen MR) is 106 cm³/mol. The summed E-state index contributed by atoms with van der Waals surface area (Å²) in [6, 6.07) is 11.4. The Labute approximate surface area is 162 Å². The van der Waals surface area contributed by atoms with E-state index in [4.69, 9.17) is 11.6 Å². The number of nitrogens with zero attached hydrogens (tertiary/aromatic N) is 1. The largest absolute Gasteiger partial charge is 0.375 e. The minimum absolute atomic E-state index is 0.0324. The summed E-state index contributed by atoms with van der Waals surface area (Å²) in [5, 5.41) is 8.57. The van der Waals surface area contributed by atoms with Gasteiger partial charge in [0.1, 0.15) is 0 Å². The summed E-state index contributed by atoms with van der Waals surface area (Å²) in [6.45, 7) is -0.0324. The Morgan fingerprint density at radius 3 is 2.22 bits per heavy atom. The van der Waals surface area contributed by atoms with Gasteiger partial charge in [-0.15, -0.1) is 0 Å². The lowest BCUT2D eigenvalue weighted by molar-refractivity contribution is -0.114. The molecule has 2 aromatic carbocycles. The van der Waals surface area contributed by atoms with Crippen molar-refractivity contribution in [2.24, 2.45) is 0 Å². The lowest BCUT2D eigenvalue weighted by atomic mass is 10.2. The fourth-order valence-corrected chi connectivity index (χ4v) is 2.47. The van der Waals surface area contributed by atoms with Crippen molar-refractivity contribution in [3.63, 3.8) is 0 Å². The zero-order valence-electron chi connectivity index (χ0n) is 15.3. The summed E-state index contributed by atoms with van der Waals surface area (Å²) in [5.41, 5.74) is 2.03. The Morgan fingerprint density at radius 1 is 1.00 bits per heavy atom. The van der Waals surface area contributed by atoms with E-state index in [2.05, 4.69) is 16.0 Å². The van der Waals surface area contributed by atoms with Crippen LogP contribution in [0.2, 0.25) is 5.02 Å². The average Bonchev–Trinajstić information content (AvgIpc) is 2.66. The highest BCUT2D eigenvalue weighted by atomic mass is 35.5. The Kier molecular flexibility index (Phi) is 6.79. The van der Waals surface area contributed by atoms with Crippen molar-refractivity contribution in [1.29, 1.82) is 0 Å². The van der Waals surface area contributed by atoms with Gasteiger partial charge in [-0.25, -0.2) is 0 Å². The number of halogens is 1. The maximum atomic E-state index is 12.1. The summed E-state index contributed by atoms with van der Waals surface area (Å²) in [5.74, 6) is -0.644. The molecule has 0 atom stereocenters. The van der Waals surface area contributed by atoms with Gasteiger partial charge in [0, 0.05) is 38.0 Å². The quantitative estimate of drug-likeness (QED) is 0.709. The van der Waals surface area contributed by atoms with E-state index in [1.165, 1.54) is 11.9 Å². The van der Waals surface area contributed by atoms with Gasteiger partial charge in [0.25, 0.3) is 11.8 Å². The molecule has 27 heavy (non-hydrogen) atoms. The number of rotatable bonds is 6. The van der Waals surface area contributed by atoms with Gasteiger partial charge in [-0.1, -0.05) is 11.6 Å². The van der Waals surface area contributed by atoms with Gasteiger partial charge in [-0.2, -0.15) is 0 Å². The molecule has 0 heterocycles. The molecule has 0 fully saturated rings. The fraction of sp³-hybridized carbons (Fsp3) is 0.211. The third-order valence-corrected chi connectivity index (χ3v) is 4.05. The van der Waals surface area contributed by atoms with E-state index >= 15 is 0 Å². The smallest absolute Gasteiger partial charge is 0.253 e. The van der Waals surface area contributed by atoms with Gasteiger partial charge in [-0.05, 0) is 42.5 Å². The molecule has 7 nitrogen and oxygen atoms in total. The molecule has 0 bridgehead atoms. The maximum absolute atomic E-state index is 12.1. The van der Waals surface area contributed by atoms with Crippen LogP contribution >= 0.6 is 11.6 Å². The summed E-state index contributed by atoms with van der Waals surface area (Å²) < 4.78 is 0. The highest BCUT2D eigenvalue weighted by Crippen LogP contribution is 2.23. The van der Waals surface area contributed by atoms with Crippen LogP contribution in [0.1, 0.15) is 20.7 Å². The Bertz CT molecular complexity index is 851. The van der Waals surface area contributed by atoms with Crippen LogP contribution in [0.4, 0.5) is 11.4 Å². The Morgan fingerprint density at radius 2 is 1.63 bits per heavy atom. The molecule has 0 radical (unpaired) electrons. The lowest BCUT2D eigenvalue weighted by Crippen LogP contribution is -2.23. The van der Waals surface area contributed by atoms with E-state index in [-0.39, 0.29) is 24.3 Å². The SMILES string of the molecule is CNC(=O)c1ccc(Cl)c(NCC(=O)Nc2ccc(C(=O)N(C)C)cc2)c1. The monoisotopic (exact) mass is 388 g/mol. The molecule has 0 aliphatic carbocycles. The van der Waals surface area contributed by atoms with Gasteiger partial charge >= 0.3 is 0 Å². The highest BCUT2D eigenvalue weighted by Gasteiger charge is 2.10. The van der Waals surface area contributed by atoms with Gasteiger partial charge < -0.3 is 20.9 Å². The van der Waals surface area contributed by atoms with Gasteiger partial charge in [0.15, 0.2) is 0 Å². The second-order valence-corrected chi connectivity index (χ2v) is 6.36. The van der Waals surface area contributed by atoms with Crippen molar-refractivity contribution < 1.29 is 14.4 Å². The molecular formula is C19H21ClN4O3. The summed E-state index contributed by atoms with van der Waals surface area (Å²) in [7, 11) is 4.89. The van der Waals surface area contributed by atoms with Crippen LogP contribution in [-0.2, 0) is 4.79 Å². The first kappa shape index (κ1) is 20.3. The van der Waals surface area contributed by atoms with Gasteiger partial charge in [-0.3, -0.25) is 14.4 Å². The molecule has 2 aromatic rings. The highest BCUT2D eigenvalue weighted by molar-refractivity contribution is 6.33. The minimum Gasteiger partial charge on any atom is -0.375 e. The van der Waals surface area contributed by atoms with Crippen LogP contribution in [0.5, 0.6) is 0 Å². The van der Waals surface area contributed by atoms with E-state index in [1.807, 2.05) is 0 Å². The zero-order chi connectivity index (χ0) is 20.0. The predicted octanol–water partition coefficient (Wildman–Crippen LogP) is 2.45. The second kappa shape index (κ2) is 9.05. The van der Waals surface area contributed by atoms with Crippen LogP contribution in [0.25, 0.3) is 0 Å². The van der Waals surface area contributed by atoms with Crippen LogP contribution in [0, 0.1) is 0 Å². The molecule has 0 unspecified atom stereocenters. The molecule has 3 N–H and O–H groups in total. The molecule has 0 aliphatic rings. The number of nitrogens with one attached hydrogen (secondary N) is 3. The van der Waals surface area contributed by atoms with Crippen molar-refractivity contribution in [1.82, 2.24) is 10.2 Å². The average molecular weight is 389 g/mol. The summed E-state index contributed by atoms with van der Waals surface area (Å²) in [4.78, 5) is 37.1. The number of carbonyl (C=O) groups is 3. The molecule has 0 saturated heterocycles. The Hall–Kier alpha value is -3.06. The molecule has 0 spiro atoms. The lowest BCUT2D eigenvalue weighted by Gasteiger charge is -2.12. The van der Waals surface area contributed by atoms with Gasteiger partial charge in [0.2, 0.25) is 5.91 Å². The van der Waals surface area contributed by atoms with E-state index < -0.39 is 0 Å².